The van der Waals surface area contributed by atoms with Crippen molar-refractivity contribution >= 4 is 11.8 Å². The molecule has 1 aromatic carbocycles. The van der Waals surface area contributed by atoms with Gasteiger partial charge in [0.15, 0.2) is 0 Å². The van der Waals surface area contributed by atoms with Gasteiger partial charge in [-0.1, -0.05) is 31.2 Å². The molecule has 0 aliphatic carbocycles. The predicted molar refractivity (Wildman–Crippen MR) is 73.1 cm³/mol. The monoisotopic (exact) mass is 235 g/mol. The highest BCUT2D eigenvalue weighted by Gasteiger charge is 2.25. The number of nitrogens with one attached hydrogen (secondary N) is 1. The second-order valence-corrected chi connectivity index (χ2v) is 6.20. The van der Waals surface area contributed by atoms with Crippen molar-refractivity contribution in [2.24, 2.45) is 0 Å². The maximum Gasteiger partial charge on any atom is 0.0297 e. The topological polar surface area (TPSA) is 12.0 Å². The second-order valence-electron chi connectivity index (χ2n) is 4.72. The van der Waals surface area contributed by atoms with Crippen LogP contribution in [-0.2, 0) is 0 Å². The molecular formula is C14H21NS. The molecule has 2 rings (SSSR count). The highest BCUT2D eigenvalue weighted by Crippen LogP contribution is 2.28. The molecule has 0 saturated carbocycles. The molecular weight excluding hydrogens is 214 g/mol. The van der Waals surface area contributed by atoms with Crippen LogP contribution in [0.15, 0.2) is 24.3 Å². The van der Waals surface area contributed by atoms with Gasteiger partial charge in [0, 0.05) is 17.3 Å². The van der Waals surface area contributed by atoms with E-state index in [0.29, 0.717) is 12.1 Å². The van der Waals surface area contributed by atoms with Gasteiger partial charge in [0.1, 0.15) is 0 Å². The lowest BCUT2D eigenvalue weighted by Gasteiger charge is -2.23. The van der Waals surface area contributed by atoms with Gasteiger partial charge in [-0.25, -0.2) is 0 Å². The number of rotatable bonds is 3. The van der Waals surface area contributed by atoms with E-state index < -0.39 is 0 Å². The van der Waals surface area contributed by atoms with E-state index in [4.69, 9.17) is 0 Å². The molecule has 3 atom stereocenters. The average Bonchev–Trinajstić information content (AvgIpc) is 2.65. The predicted octanol–water partition coefficient (Wildman–Crippen LogP) is 3.54. The largest absolute Gasteiger partial charge is 0.306 e. The number of aryl methyl sites for hydroxylation is 1. The molecule has 16 heavy (non-hydrogen) atoms. The lowest BCUT2D eigenvalue weighted by molar-refractivity contribution is 0.453. The Bertz CT molecular complexity index is 350. The van der Waals surface area contributed by atoms with Gasteiger partial charge in [-0.15, -0.1) is 0 Å². The quantitative estimate of drug-likeness (QED) is 0.860. The van der Waals surface area contributed by atoms with Gasteiger partial charge in [0.2, 0.25) is 0 Å². The minimum Gasteiger partial charge on any atom is -0.306 e. The molecule has 0 bridgehead atoms. The molecule has 88 valence electrons. The van der Waals surface area contributed by atoms with Gasteiger partial charge in [-0.2, -0.15) is 11.8 Å². The van der Waals surface area contributed by atoms with Crippen molar-refractivity contribution in [3.63, 3.8) is 0 Å². The van der Waals surface area contributed by atoms with Crippen LogP contribution in [-0.4, -0.2) is 17.0 Å². The molecule has 1 N–H and O–H groups in total. The van der Waals surface area contributed by atoms with Crippen molar-refractivity contribution in [2.75, 3.05) is 5.75 Å². The third-order valence-electron chi connectivity index (χ3n) is 3.50. The van der Waals surface area contributed by atoms with E-state index in [2.05, 4.69) is 62.1 Å². The summed E-state index contributed by atoms with van der Waals surface area (Å²) in [4.78, 5) is 0. The maximum absolute atomic E-state index is 3.76. The van der Waals surface area contributed by atoms with E-state index in [9.17, 15) is 0 Å². The Kier molecular flexibility index (Phi) is 3.93. The Hall–Kier alpha value is -0.470. The van der Waals surface area contributed by atoms with Crippen molar-refractivity contribution in [3.8, 4) is 0 Å². The van der Waals surface area contributed by atoms with Gasteiger partial charge in [-0.05, 0) is 37.1 Å². The van der Waals surface area contributed by atoms with Crippen LogP contribution in [0.25, 0.3) is 0 Å². The fraction of sp³-hybridized carbons (Fsp3) is 0.571. The first-order valence-corrected chi connectivity index (χ1v) is 7.16. The van der Waals surface area contributed by atoms with Gasteiger partial charge >= 0.3 is 0 Å². The Labute approximate surface area is 103 Å². The normalized spacial score (nSPS) is 26.9. The summed E-state index contributed by atoms with van der Waals surface area (Å²) >= 11 is 2.08. The minimum atomic E-state index is 0.465. The lowest BCUT2D eigenvalue weighted by Crippen LogP contribution is -2.35. The van der Waals surface area contributed by atoms with E-state index in [1.165, 1.54) is 23.3 Å². The summed E-state index contributed by atoms with van der Waals surface area (Å²) in [6.07, 6.45) is 1.31. The number of benzene rings is 1. The Balaban J connectivity index is 2.03. The van der Waals surface area contributed by atoms with Crippen LogP contribution in [0.3, 0.4) is 0 Å². The maximum atomic E-state index is 3.76. The zero-order chi connectivity index (χ0) is 11.5. The Morgan fingerprint density at radius 2 is 2.12 bits per heavy atom. The lowest BCUT2D eigenvalue weighted by atomic mass is 10.0. The van der Waals surface area contributed by atoms with Crippen molar-refractivity contribution in [3.05, 3.63) is 35.4 Å². The number of thioether (sulfide) groups is 1. The summed E-state index contributed by atoms with van der Waals surface area (Å²) in [6, 6.07) is 9.82. The first-order chi connectivity index (χ1) is 7.68. The summed E-state index contributed by atoms with van der Waals surface area (Å²) < 4.78 is 0. The molecule has 0 amide bonds. The first kappa shape index (κ1) is 12.0. The zero-order valence-corrected chi connectivity index (χ0v) is 11.2. The molecule has 1 fully saturated rings. The molecule has 2 heteroatoms. The smallest absolute Gasteiger partial charge is 0.0297 e. The van der Waals surface area contributed by atoms with Crippen LogP contribution < -0.4 is 5.32 Å². The number of hydrogen-bond donors (Lipinski definition) is 1. The van der Waals surface area contributed by atoms with Crippen LogP contribution in [0.1, 0.15) is 37.4 Å². The van der Waals surface area contributed by atoms with Gasteiger partial charge in [0.25, 0.3) is 0 Å². The highest BCUT2D eigenvalue weighted by molar-refractivity contribution is 8.00. The molecule has 1 aliphatic rings. The van der Waals surface area contributed by atoms with E-state index in [1.807, 2.05) is 0 Å². The minimum absolute atomic E-state index is 0.465. The first-order valence-electron chi connectivity index (χ1n) is 6.11. The molecule has 1 aliphatic heterocycles. The van der Waals surface area contributed by atoms with E-state index >= 15 is 0 Å². The number of hydrogen-bond acceptors (Lipinski definition) is 2. The van der Waals surface area contributed by atoms with Crippen molar-refractivity contribution in [1.82, 2.24) is 5.32 Å². The SMILES string of the molecule is Cc1ccccc1[C@H](C)NC1CCSC1C. The van der Waals surface area contributed by atoms with Crippen molar-refractivity contribution < 1.29 is 0 Å². The van der Waals surface area contributed by atoms with Crippen LogP contribution >= 0.6 is 11.8 Å². The van der Waals surface area contributed by atoms with Crippen LogP contribution in [0.2, 0.25) is 0 Å². The molecule has 0 radical (unpaired) electrons. The summed E-state index contributed by atoms with van der Waals surface area (Å²) in [5.74, 6) is 1.30. The van der Waals surface area contributed by atoms with Crippen molar-refractivity contribution in [2.45, 2.75) is 44.5 Å². The molecule has 0 spiro atoms. The standard InChI is InChI=1S/C14H21NS/c1-10-6-4-5-7-13(10)11(2)15-14-8-9-16-12(14)3/h4-7,11-12,14-15H,8-9H2,1-3H3/t11-,12?,14?/m0/s1. The summed E-state index contributed by atoms with van der Waals surface area (Å²) in [5.41, 5.74) is 2.83. The van der Waals surface area contributed by atoms with Gasteiger partial charge < -0.3 is 5.32 Å². The molecule has 1 aromatic rings. The van der Waals surface area contributed by atoms with E-state index in [0.717, 1.165) is 5.25 Å². The van der Waals surface area contributed by atoms with E-state index in [-0.39, 0.29) is 0 Å². The zero-order valence-electron chi connectivity index (χ0n) is 10.4. The molecule has 1 heterocycles. The fourth-order valence-electron chi connectivity index (χ4n) is 2.43. The fourth-order valence-corrected chi connectivity index (χ4v) is 3.64. The molecule has 2 unspecified atom stereocenters. The van der Waals surface area contributed by atoms with Crippen LogP contribution in [0, 0.1) is 6.92 Å². The summed E-state index contributed by atoms with van der Waals surface area (Å²) in [5, 5.41) is 4.52. The third kappa shape index (κ3) is 2.61. The average molecular weight is 235 g/mol. The van der Waals surface area contributed by atoms with Crippen LogP contribution in [0.4, 0.5) is 0 Å². The summed E-state index contributed by atoms with van der Waals surface area (Å²) in [6.45, 7) is 6.80. The van der Waals surface area contributed by atoms with Crippen molar-refractivity contribution in [1.29, 1.82) is 0 Å². The Morgan fingerprint density at radius 3 is 2.75 bits per heavy atom. The molecule has 1 saturated heterocycles. The van der Waals surface area contributed by atoms with E-state index in [1.54, 1.807) is 0 Å². The van der Waals surface area contributed by atoms with Crippen LogP contribution in [0.5, 0.6) is 0 Å². The third-order valence-corrected chi connectivity index (χ3v) is 4.82. The molecule has 0 aromatic heterocycles. The highest BCUT2D eigenvalue weighted by atomic mass is 32.2. The molecule has 1 nitrogen and oxygen atoms in total. The second kappa shape index (κ2) is 5.24. The summed E-state index contributed by atoms with van der Waals surface area (Å²) in [7, 11) is 0. The van der Waals surface area contributed by atoms with Gasteiger partial charge in [0.05, 0.1) is 0 Å². The van der Waals surface area contributed by atoms with Gasteiger partial charge in [-0.3, -0.25) is 0 Å². The Morgan fingerprint density at radius 1 is 1.38 bits per heavy atom.